The van der Waals surface area contributed by atoms with Crippen LogP contribution in [0.1, 0.15) is 42.6 Å². The summed E-state index contributed by atoms with van der Waals surface area (Å²) in [6.45, 7) is 8.61. The minimum absolute atomic E-state index is 0.146. The number of para-hydroxylation sites is 1. The van der Waals surface area contributed by atoms with Crippen LogP contribution in [-0.2, 0) is 14.9 Å². The minimum atomic E-state index is -0.370. The zero-order valence-electron chi connectivity index (χ0n) is 19.2. The van der Waals surface area contributed by atoms with Crippen molar-refractivity contribution in [2.75, 3.05) is 32.1 Å². The molecule has 1 N–H and O–H groups in total. The van der Waals surface area contributed by atoms with Crippen molar-refractivity contribution in [2.24, 2.45) is 0 Å². The molecule has 0 saturated carbocycles. The van der Waals surface area contributed by atoms with Crippen molar-refractivity contribution in [1.29, 1.82) is 0 Å². The Kier molecular flexibility index (Phi) is 7.15. The van der Waals surface area contributed by atoms with Gasteiger partial charge in [-0.3, -0.25) is 9.59 Å². The van der Waals surface area contributed by atoms with Crippen molar-refractivity contribution in [3.8, 4) is 5.69 Å². The summed E-state index contributed by atoms with van der Waals surface area (Å²) in [4.78, 5) is 27.1. The molecule has 0 saturated heterocycles. The number of aryl methyl sites for hydroxylation is 1. The minimum Gasteiger partial charge on any atom is -0.459 e. The molecule has 0 radical (unpaired) electrons. The second kappa shape index (κ2) is 9.82. The average molecular weight is 439 g/mol. The highest BCUT2D eigenvalue weighted by Gasteiger charge is 2.24. The molecule has 0 aliphatic heterocycles. The number of methoxy groups -OCH3 is 1. The topological polar surface area (TPSA) is 89.6 Å². The highest BCUT2D eigenvalue weighted by Crippen LogP contribution is 2.27. The van der Waals surface area contributed by atoms with Gasteiger partial charge >= 0.3 is 0 Å². The van der Waals surface area contributed by atoms with Crippen LogP contribution >= 0.6 is 0 Å². The standard InChI is InChI=1S/C24H30N4O4/c1-17-9-6-7-10-18(17)28-21(15-20(26-28)24(2,3)4)25-22(29)16-27(12-14-31-5)23(30)19-11-8-13-32-19/h6-11,13,15H,12,14,16H2,1-5H3,(H,25,29). The first-order valence-electron chi connectivity index (χ1n) is 10.5. The second-order valence-corrected chi connectivity index (χ2v) is 8.61. The maximum atomic E-state index is 13.0. The second-order valence-electron chi connectivity index (χ2n) is 8.61. The molecule has 0 aliphatic rings. The summed E-state index contributed by atoms with van der Waals surface area (Å²) in [7, 11) is 1.55. The third kappa shape index (κ3) is 5.45. The van der Waals surface area contributed by atoms with Gasteiger partial charge in [-0.15, -0.1) is 0 Å². The number of aromatic nitrogens is 2. The molecule has 170 valence electrons. The molecule has 3 aromatic rings. The molecule has 3 rings (SSSR count). The van der Waals surface area contributed by atoms with Crippen LogP contribution in [0.25, 0.3) is 5.69 Å². The largest absolute Gasteiger partial charge is 0.459 e. The predicted octanol–water partition coefficient (Wildman–Crippen LogP) is 3.80. The molecule has 8 heteroatoms. The van der Waals surface area contributed by atoms with Gasteiger partial charge in [-0.2, -0.15) is 5.10 Å². The quantitative estimate of drug-likeness (QED) is 0.578. The molecule has 0 atom stereocenters. The fraction of sp³-hybridized carbons (Fsp3) is 0.375. The number of carbonyl (C=O) groups is 2. The molecule has 8 nitrogen and oxygen atoms in total. The lowest BCUT2D eigenvalue weighted by molar-refractivity contribution is -0.117. The first-order chi connectivity index (χ1) is 15.2. The average Bonchev–Trinajstić information content (AvgIpc) is 3.41. The fourth-order valence-electron chi connectivity index (χ4n) is 3.19. The molecule has 32 heavy (non-hydrogen) atoms. The number of benzene rings is 1. The van der Waals surface area contributed by atoms with Crippen LogP contribution in [0.2, 0.25) is 0 Å². The van der Waals surface area contributed by atoms with Gasteiger partial charge in [0.2, 0.25) is 5.91 Å². The van der Waals surface area contributed by atoms with E-state index in [0.29, 0.717) is 12.4 Å². The van der Waals surface area contributed by atoms with Crippen molar-refractivity contribution in [3.63, 3.8) is 0 Å². The number of carbonyl (C=O) groups excluding carboxylic acids is 2. The fourth-order valence-corrected chi connectivity index (χ4v) is 3.19. The van der Waals surface area contributed by atoms with Crippen LogP contribution in [0.3, 0.4) is 0 Å². The van der Waals surface area contributed by atoms with Gasteiger partial charge in [0.25, 0.3) is 5.91 Å². The summed E-state index contributed by atoms with van der Waals surface area (Å²) in [5.74, 6) is 0.0152. The summed E-state index contributed by atoms with van der Waals surface area (Å²) in [6, 6.07) is 12.9. The van der Waals surface area contributed by atoms with E-state index in [1.807, 2.05) is 37.3 Å². The third-order valence-corrected chi connectivity index (χ3v) is 5.01. The van der Waals surface area contributed by atoms with Crippen LogP contribution in [0.4, 0.5) is 5.82 Å². The molecule has 2 aromatic heterocycles. The number of ether oxygens (including phenoxy) is 1. The van der Waals surface area contributed by atoms with Gasteiger partial charge in [0, 0.05) is 25.1 Å². The Balaban J connectivity index is 1.86. The lowest BCUT2D eigenvalue weighted by atomic mass is 9.92. The van der Waals surface area contributed by atoms with Crippen molar-refractivity contribution in [3.05, 3.63) is 65.7 Å². The number of rotatable bonds is 8. The van der Waals surface area contributed by atoms with Crippen molar-refractivity contribution >= 4 is 17.6 Å². The van der Waals surface area contributed by atoms with E-state index in [9.17, 15) is 9.59 Å². The molecular weight excluding hydrogens is 408 g/mol. The number of amides is 2. The van der Waals surface area contributed by atoms with Gasteiger partial charge in [-0.25, -0.2) is 4.68 Å². The van der Waals surface area contributed by atoms with E-state index in [4.69, 9.17) is 14.3 Å². The van der Waals surface area contributed by atoms with Gasteiger partial charge < -0.3 is 19.4 Å². The molecule has 1 aromatic carbocycles. The highest BCUT2D eigenvalue weighted by atomic mass is 16.5. The van der Waals surface area contributed by atoms with Crippen LogP contribution < -0.4 is 5.32 Å². The number of hydrogen-bond donors (Lipinski definition) is 1. The van der Waals surface area contributed by atoms with Crippen molar-refractivity contribution in [2.45, 2.75) is 33.1 Å². The van der Waals surface area contributed by atoms with E-state index in [-0.39, 0.29) is 36.1 Å². The van der Waals surface area contributed by atoms with Gasteiger partial charge in [0.15, 0.2) is 5.76 Å². The Bertz CT molecular complexity index is 1060. The number of nitrogens with one attached hydrogen (secondary N) is 1. The summed E-state index contributed by atoms with van der Waals surface area (Å²) in [5, 5.41) is 7.69. The first kappa shape index (κ1) is 23.3. The summed E-state index contributed by atoms with van der Waals surface area (Å²) >= 11 is 0. The zero-order valence-corrected chi connectivity index (χ0v) is 19.2. The Morgan fingerprint density at radius 1 is 1.19 bits per heavy atom. The first-order valence-corrected chi connectivity index (χ1v) is 10.5. The Morgan fingerprint density at radius 2 is 1.94 bits per heavy atom. The molecule has 0 unspecified atom stereocenters. The van der Waals surface area contributed by atoms with Gasteiger partial charge in [-0.1, -0.05) is 39.0 Å². The van der Waals surface area contributed by atoms with Gasteiger partial charge in [0.05, 0.1) is 24.3 Å². The lowest BCUT2D eigenvalue weighted by Gasteiger charge is -2.21. The molecule has 2 heterocycles. The maximum Gasteiger partial charge on any atom is 0.290 e. The molecule has 2 amide bonds. The lowest BCUT2D eigenvalue weighted by Crippen LogP contribution is -2.40. The summed E-state index contributed by atoms with van der Waals surface area (Å²) < 4.78 is 12.0. The normalized spacial score (nSPS) is 11.4. The van der Waals surface area contributed by atoms with Gasteiger partial charge in [-0.05, 0) is 30.7 Å². The number of nitrogens with zero attached hydrogens (tertiary/aromatic N) is 3. The summed E-state index contributed by atoms with van der Waals surface area (Å²) in [5.41, 5.74) is 2.55. The maximum absolute atomic E-state index is 13.0. The van der Waals surface area contributed by atoms with Crippen LogP contribution in [0, 0.1) is 6.92 Å². The van der Waals surface area contributed by atoms with E-state index < -0.39 is 0 Å². The highest BCUT2D eigenvalue weighted by molar-refractivity contribution is 5.97. The Hall–Kier alpha value is -3.39. The molecular formula is C24H30N4O4. The molecule has 0 aliphatic carbocycles. The molecule has 0 bridgehead atoms. The number of furan rings is 1. The van der Waals surface area contributed by atoms with Crippen molar-refractivity contribution in [1.82, 2.24) is 14.7 Å². The summed E-state index contributed by atoms with van der Waals surface area (Å²) in [6.07, 6.45) is 1.43. The third-order valence-electron chi connectivity index (χ3n) is 5.01. The smallest absolute Gasteiger partial charge is 0.290 e. The van der Waals surface area contributed by atoms with Gasteiger partial charge in [0.1, 0.15) is 12.4 Å². The number of anilines is 1. The van der Waals surface area contributed by atoms with E-state index in [1.165, 1.54) is 11.2 Å². The van der Waals surface area contributed by atoms with Crippen molar-refractivity contribution < 1.29 is 18.7 Å². The molecule has 0 spiro atoms. The van der Waals surface area contributed by atoms with E-state index in [1.54, 1.807) is 23.9 Å². The molecule has 0 fully saturated rings. The van der Waals surface area contributed by atoms with E-state index in [2.05, 4.69) is 26.1 Å². The van der Waals surface area contributed by atoms with E-state index >= 15 is 0 Å². The van der Waals surface area contributed by atoms with Crippen LogP contribution in [-0.4, -0.2) is 53.3 Å². The predicted molar refractivity (Wildman–Crippen MR) is 122 cm³/mol. The Labute approximate surface area is 188 Å². The Morgan fingerprint density at radius 3 is 2.56 bits per heavy atom. The number of hydrogen-bond acceptors (Lipinski definition) is 5. The monoisotopic (exact) mass is 438 g/mol. The van der Waals surface area contributed by atoms with Crippen LogP contribution in [0.15, 0.2) is 53.1 Å². The SMILES string of the molecule is COCCN(CC(=O)Nc1cc(C(C)(C)C)nn1-c1ccccc1C)C(=O)c1ccco1. The zero-order chi connectivity index (χ0) is 23.3. The van der Waals surface area contributed by atoms with E-state index in [0.717, 1.165) is 16.9 Å². The van der Waals surface area contributed by atoms with Crippen LogP contribution in [0.5, 0.6) is 0 Å².